The quantitative estimate of drug-likeness (QED) is 0.851. The molecule has 0 spiro atoms. The lowest BCUT2D eigenvalue weighted by Crippen LogP contribution is -2.38. The Bertz CT molecular complexity index is 559. The van der Waals surface area contributed by atoms with E-state index in [1.54, 1.807) is 0 Å². The standard InChI is InChI=1S/C17H22N2O2/c18-15-6-5-12-9-19(10-14(12)15)17(20)16-13-4-2-1-3-11(13)7-8-21-16/h1-4,12,14-16H,5-10,18H2/t12-,14+,15-,16+/m0/s1. The molecule has 2 aliphatic heterocycles. The van der Waals surface area contributed by atoms with E-state index in [1.165, 1.54) is 5.56 Å². The van der Waals surface area contributed by atoms with Crippen molar-refractivity contribution in [2.75, 3.05) is 19.7 Å². The summed E-state index contributed by atoms with van der Waals surface area (Å²) < 4.78 is 5.81. The van der Waals surface area contributed by atoms with Crippen molar-refractivity contribution in [1.29, 1.82) is 0 Å². The minimum atomic E-state index is -0.412. The first kappa shape index (κ1) is 13.3. The molecule has 0 aromatic heterocycles. The molecule has 0 bridgehead atoms. The second kappa shape index (κ2) is 5.11. The van der Waals surface area contributed by atoms with Gasteiger partial charge in [-0.2, -0.15) is 0 Å². The van der Waals surface area contributed by atoms with Crippen molar-refractivity contribution in [2.24, 2.45) is 17.6 Å². The molecule has 2 N–H and O–H groups in total. The molecular weight excluding hydrogens is 264 g/mol. The van der Waals surface area contributed by atoms with Crippen LogP contribution in [-0.4, -0.2) is 36.5 Å². The van der Waals surface area contributed by atoms with Gasteiger partial charge in [-0.25, -0.2) is 0 Å². The largest absolute Gasteiger partial charge is 0.363 e. The highest BCUT2D eigenvalue weighted by Crippen LogP contribution is 2.39. The molecule has 0 unspecified atom stereocenters. The van der Waals surface area contributed by atoms with Crippen LogP contribution in [0, 0.1) is 11.8 Å². The Balaban J connectivity index is 1.54. The average Bonchev–Trinajstić information content (AvgIpc) is 3.08. The van der Waals surface area contributed by atoms with Gasteiger partial charge in [0.2, 0.25) is 0 Å². The molecule has 1 aromatic carbocycles. The van der Waals surface area contributed by atoms with Crippen LogP contribution in [0.4, 0.5) is 0 Å². The van der Waals surface area contributed by atoms with Gasteiger partial charge in [0.05, 0.1) is 6.61 Å². The zero-order valence-electron chi connectivity index (χ0n) is 12.2. The van der Waals surface area contributed by atoms with E-state index in [1.807, 2.05) is 23.1 Å². The fraction of sp³-hybridized carbons (Fsp3) is 0.588. The molecule has 4 nitrogen and oxygen atoms in total. The molecule has 2 fully saturated rings. The van der Waals surface area contributed by atoms with E-state index in [4.69, 9.17) is 10.5 Å². The van der Waals surface area contributed by atoms with Crippen molar-refractivity contribution in [3.05, 3.63) is 35.4 Å². The minimum absolute atomic E-state index is 0.128. The van der Waals surface area contributed by atoms with E-state index in [0.29, 0.717) is 18.4 Å². The number of nitrogens with two attached hydrogens (primary N) is 1. The number of fused-ring (bicyclic) bond motifs is 2. The number of hydrogen-bond donors (Lipinski definition) is 1. The maximum atomic E-state index is 12.9. The second-order valence-electron chi connectivity index (χ2n) is 6.61. The number of ether oxygens (including phenoxy) is 1. The van der Waals surface area contributed by atoms with E-state index in [-0.39, 0.29) is 11.9 Å². The molecule has 4 rings (SSSR count). The molecule has 1 saturated heterocycles. The number of benzene rings is 1. The average molecular weight is 286 g/mol. The van der Waals surface area contributed by atoms with Gasteiger partial charge in [-0.1, -0.05) is 24.3 Å². The van der Waals surface area contributed by atoms with Crippen molar-refractivity contribution in [3.63, 3.8) is 0 Å². The Kier molecular flexibility index (Phi) is 3.23. The first-order valence-electron chi connectivity index (χ1n) is 7.98. The summed E-state index contributed by atoms with van der Waals surface area (Å²) >= 11 is 0. The normalized spacial score (nSPS) is 34.6. The molecule has 1 amide bonds. The van der Waals surface area contributed by atoms with Crippen LogP contribution in [0.5, 0.6) is 0 Å². The molecule has 1 saturated carbocycles. The van der Waals surface area contributed by atoms with E-state index < -0.39 is 6.10 Å². The van der Waals surface area contributed by atoms with Crippen LogP contribution in [0.2, 0.25) is 0 Å². The zero-order valence-corrected chi connectivity index (χ0v) is 12.2. The van der Waals surface area contributed by atoms with Crippen molar-refractivity contribution in [3.8, 4) is 0 Å². The zero-order chi connectivity index (χ0) is 14.4. The van der Waals surface area contributed by atoms with Crippen molar-refractivity contribution in [1.82, 2.24) is 4.90 Å². The molecule has 2 heterocycles. The predicted octanol–water partition coefficient (Wildman–Crippen LogP) is 1.50. The number of hydrogen-bond acceptors (Lipinski definition) is 3. The Morgan fingerprint density at radius 3 is 2.95 bits per heavy atom. The smallest absolute Gasteiger partial charge is 0.256 e. The molecule has 4 heteroatoms. The number of nitrogens with zero attached hydrogens (tertiary/aromatic N) is 1. The van der Waals surface area contributed by atoms with Gasteiger partial charge >= 0.3 is 0 Å². The topological polar surface area (TPSA) is 55.6 Å². The van der Waals surface area contributed by atoms with Gasteiger partial charge in [0, 0.05) is 19.1 Å². The number of amides is 1. The van der Waals surface area contributed by atoms with Crippen LogP contribution < -0.4 is 5.73 Å². The molecule has 1 aromatic rings. The molecular formula is C17H22N2O2. The van der Waals surface area contributed by atoms with Crippen molar-refractivity contribution < 1.29 is 9.53 Å². The lowest BCUT2D eigenvalue weighted by atomic mass is 9.97. The Hall–Kier alpha value is -1.39. The van der Waals surface area contributed by atoms with Crippen LogP contribution >= 0.6 is 0 Å². The third kappa shape index (κ3) is 2.17. The first-order valence-corrected chi connectivity index (χ1v) is 7.98. The predicted molar refractivity (Wildman–Crippen MR) is 79.6 cm³/mol. The SMILES string of the molecule is N[C@H]1CC[C@H]2CN(C(=O)[C@@H]3OCCc4ccccc43)C[C@H]21. The lowest BCUT2D eigenvalue weighted by molar-refractivity contribution is -0.144. The van der Waals surface area contributed by atoms with Crippen LogP contribution in [0.3, 0.4) is 0 Å². The summed E-state index contributed by atoms with van der Waals surface area (Å²) in [6.45, 7) is 2.31. The van der Waals surface area contributed by atoms with E-state index >= 15 is 0 Å². The maximum absolute atomic E-state index is 12.9. The summed E-state index contributed by atoms with van der Waals surface area (Å²) in [4.78, 5) is 14.8. The Labute approximate surface area is 125 Å². The summed E-state index contributed by atoms with van der Waals surface area (Å²) in [6.07, 6.45) is 2.76. The Morgan fingerprint density at radius 1 is 1.24 bits per heavy atom. The van der Waals surface area contributed by atoms with E-state index in [2.05, 4.69) is 6.07 Å². The van der Waals surface area contributed by atoms with E-state index in [9.17, 15) is 4.79 Å². The summed E-state index contributed by atoms with van der Waals surface area (Å²) in [7, 11) is 0. The molecule has 0 radical (unpaired) electrons. The maximum Gasteiger partial charge on any atom is 0.256 e. The molecule has 3 aliphatic rings. The summed E-state index contributed by atoms with van der Waals surface area (Å²) in [5.74, 6) is 1.22. The minimum Gasteiger partial charge on any atom is -0.363 e. The fourth-order valence-corrected chi connectivity index (χ4v) is 4.25. The van der Waals surface area contributed by atoms with Gasteiger partial charge in [0.15, 0.2) is 6.10 Å². The molecule has 112 valence electrons. The highest BCUT2D eigenvalue weighted by molar-refractivity contribution is 5.83. The fourth-order valence-electron chi connectivity index (χ4n) is 4.25. The van der Waals surface area contributed by atoms with Gasteiger partial charge in [-0.15, -0.1) is 0 Å². The van der Waals surface area contributed by atoms with Crippen LogP contribution in [0.1, 0.15) is 30.1 Å². The van der Waals surface area contributed by atoms with Gasteiger partial charge < -0.3 is 15.4 Å². The monoisotopic (exact) mass is 286 g/mol. The van der Waals surface area contributed by atoms with Crippen LogP contribution in [0.25, 0.3) is 0 Å². The highest BCUT2D eigenvalue weighted by atomic mass is 16.5. The molecule has 4 atom stereocenters. The van der Waals surface area contributed by atoms with Crippen molar-refractivity contribution >= 4 is 5.91 Å². The van der Waals surface area contributed by atoms with Crippen molar-refractivity contribution in [2.45, 2.75) is 31.4 Å². The highest BCUT2D eigenvalue weighted by Gasteiger charge is 2.44. The Morgan fingerprint density at radius 2 is 2.10 bits per heavy atom. The second-order valence-corrected chi connectivity index (χ2v) is 6.61. The summed E-state index contributed by atoms with van der Waals surface area (Å²) in [5.41, 5.74) is 8.47. The number of likely N-dealkylation sites (tertiary alicyclic amines) is 1. The molecule has 1 aliphatic carbocycles. The van der Waals surface area contributed by atoms with Gasteiger partial charge in [-0.05, 0) is 42.2 Å². The third-order valence-corrected chi connectivity index (χ3v) is 5.44. The number of carbonyl (C=O) groups excluding carboxylic acids is 1. The van der Waals surface area contributed by atoms with E-state index in [0.717, 1.165) is 37.9 Å². The van der Waals surface area contributed by atoms with Crippen LogP contribution in [-0.2, 0) is 16.0 Å². The first-order chi connectivity index (χ1) is 10.2. The van der Waals surface area contributed by atoms with Gasteiger partial charge in [0.1, 0.15) is 0 Å². The lowest BCUT2D eigenvalue weighted by Gasteiger charge is -2.29. The third-order valence-electron chi connectivity index (χ3n) is 5.44. The molecule has 21 heavy (non-hydrogen) atoms. The van der Waals surface area contributed by atoms with Gasteiger partial charge in [-0.3, -0.25) is 4.79 Å². The summed E-state index contributed by atoms with van der Waals surface area (Å²) in [6, 6.07) is 8.42. The number of carbonyl (C=O) groups is 1. The van der Waals surface area contributed by atoms with Crippen LogP contribution in [0.15, 0.2) is 24.3 Å². The number of rotatable bonds is 1. The van der Waals surface area contributed by atoms with Gasteiger partial charge in [0.25, 0.3) is 5.91 Å². The summed E-state index contributed by atoms with van der Waals surface area (Å²) in [5, 5.41) is 0.